The molecule has 1 saturated heterocycles. The van der Waals surface area contributed by atoms with Crippen molar-refractivity contribution in [3.63, 3.8) is 0 Å². The van der Waals surface area contributed by atoms with Crippen LogP contribution in [0.1, 0.15) is 32.3 Å². The van der Waals surface area contributed by atoms with Crippen LogP contribution in [-0.2, 0) is 6.42 Å². The molecule has 0 aromatic heterocycles. The monoisotopic (exact) mass is 306 g/mol. The standard InChI is InChI=1S/C18H27ClN2/c1-13(2)18-11-20-17(15-5-6-15)12-21(18)10-9-14-3-7-16(19)8-4-14/h3-4,7-8,13,15,17-18,20H,5-6,9-12H2,1-2H3. The summed E-state index contributed by atoms with van der Waals surface area (Å²) in [5.74, 6) is 1.65. The van der Waals surface area contributed by atoms with Crippen molar-refractivity contribution in [2.24, 2.45) is 11.8 Å². The second kappa shape index (κ2) is 6.68. The van der Waals surface area contributed by atoms with Gasteiger partial charge in [-0.25, -0.2) is 0 Å². The summed E-state index contributed by atoms with van der Waals surface area (Å²) in [5.41, 5.74) is 1.39. The van der Waals surface area contributed by atoms with Gasteiger partial charge in [0.15, 0.2) is 0 Å². The summed E-state index contributed by atoms with van der Waals surface area (Å²) in [4.78, 5) is 2.72. The first-order chi connectivity index (χ1) is 10.1. The minimum atomic E-state index is 0.673. The highest BCUT2D eigenvalue weighted by Crippen LogP contribution is 2.34. The Labute approximate surface area is 133 Å². The molecule has 0 spiro atoms. The highest BCUT2D eigenvalue weighted by Gasteiger charge is 2.37. The van der Waals surface area contributed by atoms with Crippen LogP contribution in [0.15, 0.2) is 24.3 Å². The summed E-state index contributed by atoms with van der Waals surface area (Å²) in [6, 6.07) is 9.72. The molecule has 2 unspecified atom stereocenters. The topological polar surface area (TPSA) is 15.3 Å². The average molecular weight is 307 g/mol. The summed E-state index contributed by atoms with van der Waals surface area (Å²) in [6.07, 6.45) is 3.97. The van der Waals surface area contributed by atoms with Crippen LogP contribution in [0, 0.1) is 11.8 Å². The van der Waals surface area contributed by atoms with Crippen molar-refractivity contribution in [3.8, 4) is 0 Å². The normalized spacial score (nSPS) is 27.2. The Morgan fingerprint density at radius 1 is 1.24 bits per heavy atom. The summed E-state index contributed by atoms with van der Waals surface area (Å²) in [6.45, 7) is 8.23. The number of halogens is 1. The molecule has 1 saturated carbocycles. The van der Waals surface area contributed by atoms with Crippen LogP contribution in [0.2, 0.25) is 5.02 Å². The minimum Gasteiger partial charge on any atom is -0.311 e. The largest absolute Gasteiger partial charge is 0.311 e. The molecule has 1 heterocycles. The molecule has 1 N–H and O–H groups in total. The van der Waals surface area contributed by atoms with Gasteiger partial charge in [-0.05, 0) is 48.8 Å². The zero-order valence-corrected chi connectivity index (χ0v) is 13.9. The van der Waals surface area contributed by atoms with Gasteiger partial charge in [0.25, 0.3) is 0 Å². The second-order valence-electron chi connectivity index (χ2n) is 7.03. The summed E-state index contributed by atoms with van der Waals surface area (Å²) < 4.78 is 0. The maximum atomic E-state index is 5.97. The first kappa shape index (κ1) is 15.3. The number of piperazine rings is 1. The molecule has 0 bridgehead atoms. The van der Waals surface area contributed by atoms with Crippen LogP contribution in [-0.4, -0.2) is 36.6 Å². The van der Waals surface area contributed by atoms with Gasteiger partial charge < -0.3 is 5.32 Å². The van der Waals surface area contributed by atoms with E-state index in [4.69, 9.17) is 11.6 Å². The maximum Gasteiger partial charge on any atom is 0.0406 e. The number of nitrogens with zero attached hydrogens (tertiary/aromatic N) is 1. The fraction of sp³-hybridized carbons (Fsp3) is 0.667. The lowest BCUT2D eigenvalue weighted by molar-refractivity contribution is 0.0935. The van der Waals surface area contributed by atoms with Gasteiger partial charge in [0.1, 0.15) is 0 Å². The summed E-state index contributed by atoms with van der Waals surface area (Å²) in [5, 5.41) is 4.62. The van der Waals surface area contributed by atoms with Crippen molar-refractivity contribution in [2.75, 3.05) is 19.6 Å². The van der Waals surface area contributed by atoms with E-state index in [2.05, 4.69) is 36.2 Å². The van der Waals surface area contributed by atoms with Crippen LogP contribution < -0.4 is 5.32 Å². The predicted molar refractivity (Wildman–Crippen MR) is 89.9 cm³/mol. The van der Waals surface area contributed by atoms with E-state index >= 15 is 0 Å². The van der Waals surface area contributed by atoms with E-state index in [1.54, 1.807) is 0 Å². The van der Waals surface area contributed by atoms with E-state index in [-0.39, 0.29) is 0 Å². The van der Waals surface area contributed by atoms with Crippen molar-refractivity contribution in [1.29, 1.82) is 0 Å². The Balaban J connectivity index is 1.60. The van der Waals surface area contributed by atoms with Crippen molar-refractivity contribution in [3.05, 3.63) is 34.9 Å². The van der Waals surface area contributed by atoms with Gasteiger partial charge in [-0.2, -0.15) is 0 Å². The Kier molecular flexibility index (Phi) is 4.88. The van der Waals surface area contributed by atoms with E-state index in [1.165, 1.54) is 24.9 Å². The van der Waals surface area contributed by atoms with Crippen LogP contribution in [0.4, 0.5) is 0 Å². The van der Waals surface area contributed by atoms with E-state index in [0.29, 0.717) is 12.0 Å². The first-order valence-corrected chi connectivity index (χ1v) is 8.73. The molecule has 1 aromatic rings. The van der Waals surface area contributed by atoms with Gasteiger partial charge in [0, 0.05) is 36.7 Å². The SMILES string of the molecule is CC(C)C1CNC(C2CC2)CN1CCc1ccc(Cl)cc1. The molecule has 2 aliphatic rings. The van der Waals surface area contributed by atoms with Gasteiger partial charge in [0.2, 0.25) is 0 Å². The number of rotatable bonds is 5. The number of hydrogen-bond donors (Lipinski definition) is 1. The maximum absolute atomic E-state index is 5.97. The quantitative estimate of drug-likeness (QED) is 0.894. The molecule has 0 radical (unpaired) electrons. The van der Waals surface area contributed by atoms with E-state index in [1.807, 2.05) is 12.1 Å². The van der Waals surface area contributed by atoms with Crippen LogP contribution in [0.25, 0.3) is 0 Å². The van der Waals surface area contributed by atoms with Crippen LogP contribution >= 0.6 is 11.6 Å². The molecule has 3 rings (SSSR count). The zero-order valence-electron chi connectivity index (χ0n) is 13.2. The minimum absolute atomic E-state index is 0.673. The van der Waals surface area contributed by atoms with Crippen molar-refractivity contribution < 1.29 is 0 Å². The molecule has 0 amide bonds. The van der Waals surface area contributed by atoms with Gasteiger partial charge in [0.05, 0.1) is 0 Å². The molecule has 1 aliphatic heterocycles. The van der Waals surface area contributed by atoms with Gasteiger partial charge >= 0.3 is 0 Å². The third-order valence-corrected chi connectivity index (χ3v) is 5.30. The molecule has 2 nitrogen and oxygen atoms in total. The molecule has 2 fully saturated rings. The zero-order chi connectivity index (χ0) is 14.8. The smallest absolute Gasteiger partial charge is 0.0406 e. The number of benzene rings is 1. The Bertz CT molecular complexity index is 453. The Morgan fingerprint density at radius 3 is 2.57 bits per heavy atom. The van der Waals surface area contributed by atoms with Gasteiger partial charge in [-0.1, -0.05) is 37.6 Å². The molecular weight excluding hydrogens is 280 g/mol. The van der Waals surface area contributed by atoms with Crippen molar-refractivity contribution in [2.45, 2.75) is 45.2 Å². The van der Waals surface area contributed by atoms with Gasteiger partial charge in [-0.3, -0.25) is 4.90 Å². The molecule has 21 heavy (non-hydrogen) atoms. The van der Waals surface area contributed by atoms with Crippen molar-refractivity contribution in [1.82, 2.24) is 10.2 Å². The predicted octanol–water partition coefficient (Wildman–Crippen LogP) is 3.59. The lowest BCUT2D eigenvalue weighted by Gasteiger charge is -2.42. The van der Waals surface area contributed by atoms with Gasteiger partial charge in [-0.15, -0.1) is 0 Å². The third kappa shape index (κ3) is 4.00. The Hall–Kier alpha value is -0.570. The van der Waals surface area contributed by atoms with Crippen molar-refractivity contribution >= 4 is 11.6 Å². The first-order valence-electron chi connectivity index (χ1n) is 8.35. The lowest BCUT2D eigenvalue weighted by atomic mass is 9.96. The van der Waals surface area contributed by atoms with Crippen LogP contribution in [0.5, 0.6) is 0 Å². The second-order valence-corrected chi connectivity index (χ2v) is 7.47. The fourth-order valence-electron chi connectivity index (χ4n) is 3.51. The highest BCUT2D eigenvalue weighted by atomic mass is 35.5. The van der Waals surface area contributed by atoms with E-state index in [9.17, 15) is 0 Å². The molecule has 116 valence electrons. The molecule has 1 aliphatic carbocycles. The Morgan fingerprint density at radius 2 is 1.95 bits per heavy atom. The number of nitrogens with one attached hydrogen (secondary N) is 1. The molecular formula is C18H27ClN2. The van der Waals surface area contributed by atoms with E-state index in [0.717, 1.165) is 36.5 Å². The fourth-order valence-corrected chi connectivity index (χ4v) is 3.63. The molecule has 2 atom stereocenters. The average Bonchev–Trinajstić information content (AvgIpc) is 3.31. The molecule has 3 heteroatoms. The van der Waals surface area contributed by atoms with E-state index < -0.39 is 0 Å². The number of hydrogen-bond acceptors (Lipinski definition) is 2. The summed E-state index contributed by atoms with van der Waals surface area (Å²) >= 11 is 5.97. The highest BCUT2D eigenvalue weighted by molar-refractivity contribution is 6.30. The molecule has 1 aromatic carbocycles. The summed E-state index contributed by atoms with van der Waals surface area (Å²) in [7, 11) is 0. The third-order valence-electron chi connectivity index (χ3n) is 5.05. The van der Waals surface area contributed by atoms with Crippen LogP contribution in [0.3, 0.4) is 0 Å². The lowest BCUT2D eigenvalue weighted by Crippen LogP contribution is -2.59.